The van der Waals surface area contributed by atoms with E-state index in [-0.39, 0.29) is 0 Å². The minimum atomic E-state index is 0.802. The van der Waals surface area contributed by atoms with E-state index in [0.717, 1.165) is 34.5 Å². The molecule has 0 spiro atoms. The predicted molar refractivity (Wildman–Crippen MR) is 118 cm³/mol. The van der Waals surface area contributed by atoms with Crippen molar-refractivity contribution in [1.29, 1.82) is 0 Å². The van der Waals surface area contributed by atoms with Crippen molar-refractivity contribution in [3.05, 3.63) is 0 Å². The lowest BCUT2D eigenvalue weighted by Gasteiger charge is -2.60. The molecule has 0 aromatic heterocycles. The summed E-state index contributed by atoms with van der Waals surface area (Å²) in [6.07, 6.45) is 29.6. The Morgan fingerprint density at radius 1 is 0.556 bits per heavy atom. The third-order valence-electron chi connectivity index (χ3n) is 10.6. The van der Waals surface area contributed by atoms with E-state index in [1.54, 1.807) is 89.9 Å². The molecule has 0 amide bonds. The number of hydrogen-bond acceptors (Lipinski definition) is 0. The van der Waals surface area contributed by atoms with Gasteiger partial charge in [-0.25, -0.2) is 0 Å². The Labute approximate surface area is 170 Å². The zero-order valence-corrected chi connectivity index (χ0v) is 18.7. The van der Waals surface area contributed by atoms with Crippen LogP contribution in [0, 0.1) is 34.5 Å². The molecular formula is C27H48. The quantitative estimate of drug-likeness (QED) is 0.391. The summed E-state index contributed by atoms with van der Waals surface area (Å²) in [4.78, 5) is 0. The molecule has 5 rings (SSSR count). The zero-order valence-electron chi connectivity index (χ0n) is 18.7. The maximum atomic E-state index is 2.41. The standard InChI is InChI=1S/C27H48/c1-3-5-6-7-23-10-14-25(15-11-23)27-19-16-26(17-20-27,18-21-27)24-12-8-22(4-2)9-13-24/h22-25H,3-21H2,1-2H3/t22?,23-,24?,25-,26?,27?. The van der Waals surface area contributed by atoms with Crippen LogP contribution in [-0.4, -0.2) is 0 Å². The van der Waals surface area contributed by atoms with Gasteiger partial charge in [0.15, 0.2) is 0 Å². The van der Waals surface area contributed by atoms with Crippen LogP contribution in [0.4, 0.5) is 0 Å². The van der Waals surface area contributed by atoms with Crippen LogP contribution in [-0.2, 0) is 0 Å². The average Bonchev–Trinajstić information content (AvgIpc) is 2.76. The molecule has 0 nitrogen and oxygen atoms in total. The highest BCUT2D eigenvalue weighted by atomic mass is 14.6. The number of hydrogen-bond donors (Lipinski definition) is 0. The van der Waals surface area contributed by atoms with Gasteiger partial charge in [-0.3, -0.25) is 0 Å². The van der Waals surface area contributed by atoms with Crippen molar-refractivity contribution in [2.24, 2.45) is 34.5 Å². The fraction of sp³-hybridized carbons (Fsp3) is 1.00. The van der Waals surface area contributed by atoms with E-state index in [9.17, 15) is 0 Å². The molecule has 0 unspecified atom stereocenters. The van der Waals surface area contributed by atoms with E-state index in [4.69, 9.17) is 0 Å². The van der Waals surface area contributed by atoms with Gasteiger partial charge in [0, 0.05) is 0 Å². The highest BCUT2D eigenvalue weighted by Gasteiger charge is 2.54. The van der Waals surface area contributed by atoms with Crippen LogP contribution in [0.5, 0.6) is 0 Å². The Hall–Kier alpha value is 0. The monoisotopic (exact) mass is 372 g/mol. The summed E-state index contributed by atoms with van der Waals surface area (Å²) in [5, 5.41) is 0. The van der Waals surface area contributed by atoms with E-state index in [1.165, 1.54) is 32.1 Å². The molecule has 5 aliphatic carbocycles. The fourth-order valence-electron chi connectivity index (χ4n) is 8.40. The first kappa shape index (κ1) is 20.3. The number of unbranched alkanes of at least 4 members (excludes halogenated alkanes) is 2. The van der Waals surface area contributed by atoms with Crippen molar-refractivity contribution >= 4 is 0 Å². The second kappa shape index (κ2) is 8.79. The summed E-state index contributed by atoms with van der Waals surface area (Å²) in [5.74, 6) is 4.36. The van der Waals surface area contributed by atoms with E-state index in [0.29, 0.717) is 0 Å². The predicted octanol–water partition coefficient (Wildman–Crippen LogP) is 8.93. The zero-order chi connectivity index (χ0) is 18.7. The largest absolute Gasteiger partial charge is 0.0654 e. The van der Waals surface area contributed by atoms with E-state index in [1.807, 2.05) is 0 Å². The highest BCUT2D eigenvalue weighted by molar-refractivity contribution is 5.05. The van der Waals surface area contributed by atoms with Crippen molar-refractivity contribution in [3.8, 4) is 0 Å². The molecule has 5 saturated carbocycles. The van der Waals surface area contributed by atoms with Crippen LogP contribution >= 0.6 is 0 Å². The average molecular weight is 373 g/mol. The summed E-state index contributed by atoms with van der Waals surface area (Å²) in [6.45, 7) is 4.76. The molecular weight excluding hydrogens is 324 g/mol. The SMILES string of the molecule is CCCCC[C@H]1CC[C@H](C23CCC(C4CCC(CC)CC4)(CC2)CC3)CC1. The Morgan fingerprint density at radius 2 is 1.00 bits per heavy atom. The molecule has 27 heavy (non-hydrogen) atoms. The third-order valence-corrected chi connectivity index (χ3v) is 10.6. The Balaban J connectivity index is 1.27. The normalized spacial score (nSPS) is 45.1. The maximum Gasteiger partial charge on any atom is -0.0269 e. The molecule has 0 heterocycles. The first-order valence-electron chi connectivity index (χ1n) is 13.2. The lowest BCUT2D eigenvalue weighted by atomic mass is 9.45. The van der Waals surface area contributed by atoms with Crippen molar-refractivity contribution in [3.63, 3.8) is 0 Å². The first-order chi connectivity index (χ1) is 13.2. The molecule has 0 radical (unpaired) electrons. The Bertz CT molecular complexity index is 422. The summed E-state index contributed by atoms with van der Waals surface area (Å²) in [5.41, 5.74) is 1.61. The van der Waals surface area contributed by atoms with Crippen LogP contribution in [0.25, 0.3) is 0 Å². The van der Waals surface area contributed by atoms with Gasteiger partial charge in [0.25, 0.3) is 0 Å². The lowest BCUT2D eigenvalue weighted by Crippen LogP contribution is -2.49. The first-order valence-corrected chi connectivity index (χ1v) is 13.2. The highest BCUT2D eigenvalue weighted by Crippen LogP contribution is 2.66. The number of rotatable bonds is 7. The molecule has 0 aliphatic heterocycles. The van der Waals surface area contributed by atoms with Gasteiger partial charge in [-0.05, 0) is 98.7 Å². The maximum absolute atomic E-state index is 2.41. The van der Waals surface area contributed by atoms with Gasteiger partial charge in [-0.15, -0.1) is 0 Å². The van der Waals surface area contributed by atoms with Gasteiger partial charge in [0.2, 0.25) is 0 Å². The van der Waals surface area contributed by atoms with Gasteiger partial charge >= 0.3 is 0 Å². The van der Waals surface area contributed by atoms with Gasteiger partial charge in [-0.2, -0.15) is 0 Å². The van der Waals surface area contributed by atoms with E-state index < -0.39 is 0 Å². The molecule has 5 aliphatic rings. The van der Waals surface area contributed by atoms with Gasteiger partial charge in [0.1, 0.15) is 0 Å². The third kappa shape index (κ3) is 4.16. The Kier molecular flexibility index (Phi) is 6.60. The smallest absolute Gasteiger partial charge is 0.0269 e. The van der Waals surface area contributed by atoms with E-state index in [2.05, 4.69) is 13.8 Å². The van der Waals surface area contributed by atoms with Crippen LogP contribution < -0.4 is 0 Å². The summed E-state index contributed by atoms with van der Waals surface area (Å²) in [6, 6.07) is 0. The van der Waals surface area contributed by atoms with Crippen LogP contribution in [0.2, 0.25) is 0 Å². The number of fused-ring (bicyclic) bond motifs is 3. The molecule has 0 aromatic rings. The summed E-state index contributed by atoms with van der Waals surface area (Å²) in [7, 11) is 0. The van der Waals surface area contributed by atoms with Crippen molar-refractivity contribution in [2.75, 3.05) is 0 Å². The van der Waals surface area contributed by atoms with Gasteiger partial charge in [0.05, 0.1) is 0 Å². The molecule has 5 fully saturated rings. The van der Waals surface area contributed by atoms with Crippen molar-refractivity contribution in [1.82, 2.24) is 0 Å². The van der Waals surface area contributed by atoms with Crippen LogP contribution in [0.1, 0.15) is 136 Å². The van der Waals surface area contributed by atoms with Crippen LogP contribution in [0.3, 0.4) is 0 Å². The molecule has 0 atom stereocenters. The topological polar surface area (TPSA) is 0 Å². The van der Waals surface area contributed by atoms with Crippen molar-refractivity contribution in [2.45, 2.75) is 136 Å². The molecule has 0 N–H and O–H groups in total. The molecule has 0 saturated heterocycles. The van der Waals surface area contributed by atoms with Crippen molar-refractivity contribution < 1.29 is 0 Å². The van der Waals surface area contributed by atoms with Gasteiger partial charge in [-0.1, -0.05) is 71.6 Å². The van der Waals surface area contributed by atoms with E-state index >= 15 is 0 Å². The minimum absolute atomic E-state index is 0.802. The lowest BCUT2D eigenvalue weighted by molar-refractivity contribution is -0.0958. The minimum Gasteiger partial charge on any atom is -0.0654 e. The second-order valence-electron chi connectivity index (χ2n) is 11.6. The molecule has 0 aromatic carbocycles. The molecule has 0 heteroatoms. The second-order valence-corrected chi connectivity index (χ2v) is 11.6. The molecule has 156 valence electrons. The summed E-state index contributed by atoms with van der Waals surface area (Å²) < 4.78 is 0. The van der Waals surface area contributed by atoms with Crippen LogP contribution in [0.15, 0.2) is 0 Å². The Morgan fingerprint density at radius 3 is 1.41 bits per heavy atom. The van der Waals surface area contributed by atoms with Gasteiger partial charge < -0.3 is 0 Å². The summed E-state index contributed by atoms with van der Waals surface area (Å²) >= 11 is 0. The fourth-order valence-corrected chi connectivity index (χ4v) is 8.40. The molecule has 2 bridgehead atoms.